The molecule has 2 heterocycles. The van der Waals surface area contributed by atoms with Gasteiger partial charge in [0.1, 0.15) is 0 Å². The second-order valence-corrected chi connectivity index (χ2v) is 4.22. The lowest BCUT2D eigenvalue weighted by Gasteiger charge is -2.13. The summed E-state index contributed by atoms with van der Waals surface area (Å²) in [6.45, 7) is -0.118. The molecule has 0 atom stereocenters. The molecule has 0 unspecified atom stereocenters. The summed E-state index contributed by atoms with van der Waals surface area (Å²) in [6, 6.07) is 1.05. The maximum atomic E-state index is 12.9. The first-order chi connectivity index (χ1) is 10.1. The van der Waals surface area contributed by atoms with Crippen molar-refractivity contribution in [3.63, 3.8) is 0 Å². The van der Waals surface area contributed by atoms with Crippen molar-refractivity contribution in [1.29, 1.82) is 0 Å². The quantitative estimate of drug-likeness (QED) is 0.863. The zero-order valence-corrected chi connectivity index (χ0v) is 10.7. The van der Waals surface area contributed by atoms with Crippen LogP contribution in [0.15, 0.2) is 24.7 Å². The van der Waals surface area contributed by atoms with Crippen LogP contribution in [0.5, 0.6) is 0 Å². The van der Waals surface area contributed by atoms with Gasteiger partial charge in [0.15, 0.2) is 0 Å². The summed E-state index contributed by atoms with van der Waals surface area (Å²) in [5.41, 5.74) is 3.78. The van der Waals surface area contributed by atoms with Crippen LogP contribution in [-0.4, -0.2) is 15.0 Å². The Morgan fingerprint density at radius 3 is 1.91 bits per heavy atom. The minimum Gasteiger partial charge on any atom is -0.325 e. The van der Waals surface area contributed by atoms with Gasteiger partial charge >= 0.3 is 12.4 Å². The van der Waals surface area contributed by atoms with Gasteiger partial charge in [0.2, 0.25) is 5.82 Å². The molecule has 2 aromatic heterocycles. The zero-order chi connectivity index (χ0) is 16.5. The zero-order valence-electron chi connectivity index (χ0n) is 10.7. The topological polar surface area (TPSA) is 64.7 Å². The normalized spacial score (nSPS) is 12.5. The Bertz CT molecular complexity index is 663. The average molecular weight is 322 g/mol. The van der Waals surface area contributed by atoms with E-state index < -0.39 is 23.7 Å². The van der Waals surface area contributed by atoms with E-state index in [1.54, 1.807) is 0 Å². The van der Waals surface area contributed by atoms with E-state index >= 15 is 0 Å². The highest BCUT2D eigenvalue weighted by Gasteiger charge is 2.36. The lowest BCUT2D eigenvalue weighted by atomic mass is 10.0. The van der Waals surface area contributed by atoms with E-state index in [9.17, 15) is 26.3 Å². The lowest BCUT2D eigenvalue weighted by Crippen LogP contribution is -2.12. The Hall–Kier alpha value is -2.23. The van der Waals surface area contributed by atoms with E-state index in [2.05, 4.69) is 15.0 Å². The Labute approximate surface area is 120 Å². The third-order valence-corrected chi connectivity index (χ3v) is 2.69. The van der Waals surface area contributed by atoms with E-state index in [-0.39, 0.29) is 23.4 Å². The third-order valence-electron chi connectivity index (χ3n) is 2.69. The molecule has 0 spiro atoms. The van der Waals surface area contributed by atoms with Crippen molar-refractivity contribution >= 4 is 0 Å². The van der Waals surface area contributed by atoms with Crippen LogP contribution in [-0.2, 0) is 18.9 Å². The predicted molar refractivity (Wildman–Crippen MR) is 63.2 cm³/mol. The third kappa shape index (κ3) is 3.32. The molecule has 10 heteroatoms. The maximum absolute atomic E-state index is 12.9. The maximum Gasteiger partial charge on any atom is 0.451 e. The molecule has 0 saturated heterocycles. The van der Waals surface area contributed by atoms with Crippen LogP contribution < -0.4 is 5.73 Å². The number of aromatic nitrogens is 3. The number of alkyl halides is 6. The standard InChI is InChI=1S/C12H8F6N4/c13-11(14,15)9-5-20-7(2-19)1-8(9)6-3-21-10(22-4-6)12(16,17)18/h1,3-5H,2,19H2. The highest BCUT2D eigenvalue weighted by Crippen LogP contribution is 2.37. The van der Waals surface area contributed by atoms with Gasteiger partial charge in [-0.1, -0.05) is 0 Å². The van der Waals surface area contributed by atoms with Crippen LogP contribution in [0, 0.1) is 0 Å². The van der Waals surface area contributed by atoms with Crippen molar-refractivity contribution in [1.82, 2.24) is 15.0 Å². The minimum atomic E-state index is -4.77. The highest BCUT2D eigenvalue weighted by atomic mass is 19.4. The van der Waals surface area contributed by atoms with Gasteiger partial charge < -0.3 is 5.73 Å². The molecule has 0 radical (unpaired) electrons. The predicted octanol–water partition coefficient (Wildman–Crippen LogP) is 3.03. The van der Waals surface area contributed by atoms with Crippen LogP contribution >= 0.6 is 0 Å². The Morgan fingerprint density at radius 2 is 1.45 bits per heavy atom. The van der Waals surface area contributed by atoms with E-state index in [4.69, 9.17) is 5.73 Å². The van der Waals surface area contributed by atoms with Crippen molar-refractivity contribution in [2.45, 2.75) is 18.9 Å². The summed E-state index contributed by atoms with van der Waals surface area (Å²) < 4.78 is 76.0. The van der Waals surface area contributed by atoms with Crippen LogP contribution in [0.1, 0.15) is 17.1 Å². The molecule has 0 aliphatic heterocycles. The first kappa shape index (κ1) is 16.1. The molecule has 118 valence electrons. The minimum absolute atomic E-state index is 0.118. The first-order valence-electron chi connectivity index (χ1n) is 5.78. The second kappa shape index (κ2) is 5.52. The monoisotopic (exact) mass is 322 g/mol. The smallest absolute Gasteiger partial charge is 0.325 e. The van der Waals surface area contributed by atoms with Gasteiger partial charge in [0.25, 0.3) is 0 Å². The number of halogens is 6. The molecule has 2 rings (SSSR count). The molecular formula is C12H8F6N4. The molecule has 0 aromatic carbocycles. The van der Waals surface area contributed by atoms with E-state index in [1.807, 2.05) is 0 Å². The number of nitrogens with two attached hydrogens (primary N) is 1. The average Bonchev–Trinajstić information content (AvgIpc) is 2.45. The highest BCUT2D eigenvalue weighted by molar-refractivity contribution is 5.66. The van der Waals surface area contributed by atoms with Gasteiger partial charge in [-0.2, -0.15) is 26.3 Å². The Morgan fingerprint density at radius 1 is 0.864 bits per heavy atom. The lowest BCUT2D eigenvalue weighted by molar-refractivity contribution is -0.145. The molecule has 0 bridgehead atoms. The number of nitrogens with zero attached hydrogens (tertiary/aromatic N) is 3. The van der Waals surface area contributed by atoms with Gasteiger partial charge in [-0.05, 0) is 6.07 Å². The van der Waals surface area contributed by atoms with Crippen LogP contribution in [0.4, 0.5) is 26.3 Å². The largest absolute Gasteiger partial charge is 0.451 e. The summed E-state index contributed by atoms with van der Waals surface area (Å²) >= 11 is 0. The fraction of sp³-hybridized carbons (Fsp3) is 0.250. The van der Waals surface area contributed by atoms with E-state index in [0.717, 1.165) is 6.07 Å². The van der Waals surface area contributed by atoms with Crippen molar-refractivity contribution in [3.8, 4) is 11.1 Å². The van der Waals surface area contributed by atoms with Crippen molar-refractivity contribution in [2.75, 3.05) is 0 Å². The molecule has 0 aliphatic rings. The summed E-state index contributed by atoms with van der Waals surface area (Å²) in [5.74, 6) is -1.43. The molecule has 0 amide bonds. The fourth-order valence-corrected chi connectivity index (χ4v) is 1.69. The summed E-state index contributed by atoms with van der Waals surface area (Å²) in [6.07, 6.45) is -7.55. The molecule has 0 fully saturated rings. The van der Waals surface area contributed by atoms with Crippen molar-refractivity contribution in [3.05, 3.63) is 41.7 Å². The molecule has 4 nitrogen and oxygen atoms in total. The van der Waals surface area contributed by atoms with Gasteiger partial charge in [-0.15, -0.1) is 0 Å². The van der Waals surface area contributed by atoms with E-state index in [1.165, 1.54) is 0 Å². The number of hydrogen-bond donors (Lipinski definition) is 1. The fourth-order valence-electron chi connectivity index (χ4n) is 1.69. The van der Waals surface area contributed by atoms with Crippen LogP contribution in [0.3, 0.4) is 0 Å². The van der Waals surface area contributed by atoms with Gasteiger partial charge in [-0.25, -0.2) is 9.97 Å². The molecule has 0 saturated carbocycles. The molecular weight excluding hydrogens is 314 g/mol. The molecule has 0 aliphatic carbocycles. The number of pyridine rings is 1. The summed E-state index contributed by atoms with van der Waals surface area (Å²) in [5, 5.41) is 0. The van der Waals surface area contributed by atoms with Crippen LogP contribution in [0.25, 0.3) is 11.1 Å². The first-order valence-corrected chi connectivity index (χ1v) is 5.78. The van der Waals surface area contributed by atoms with Crippen molar-refractivity contribution in [2.24, 2.45) is 5.73 Å². The second-order valence-electron chi connectivity index (χ2n) is 4.22. The SMILES string of the molecule is NCc1cc(-c2cnc(C(F)(F)F)nc2)c(C(F)(F)F)cn1. The Kier molecular flexibility index (Phi) is 4.05. The Balaban J connectivity index is 2.55. The summed E-state index contributed by atoms with van der Waals surface area (Å²) in [4.78, 5) is 9.64. The molecule has 2 aromatic rings. The van der Waals surface area contributed by atoms with Crippen molar-refractivity contribution < 1.29 is 26.3 Å². The van der Waals surface area contributed by atoms with Gasteiger partial charge in [-0.3, -0.25) is 4.98 Å². The van der Waals surface area contributed by atoms with Crippen LogP contribution in [0.2, 0.25) is 0 Å². The summed E-state index contributed by atoms with van der Waals surface area (Å²) in [7, 11) is 0. The number of hydrogen-bond acceptors (Lipinski definition) is 4. The van der Waals surface area contributed by atoms with Gasteiger partial charge in [0, 0.05) is 36.3 Å². The van der Waals surface area contributed by atoms with Gasteiger partial charge in [0.05, 0.1) is 11.3 Å². The van der Waals surface area contributed by atoms with E-state index in [0.29, 0.717) is 18.6 Å². The molecule has 2 N–H and O–H groups in total. The molecule has 22 heavy (non-hydrogen) atoms. The number of rotatable bonds is 2.